The van der Waals surface area contributed by atoms with Crippen LogP contribution in [0, 0.1) is 18.3 Å². The molecule has 0 aliphatic heterocycles. The van der Waals surface area contributed by atoms with E-state index in [4.69, 9.17) is 5.26 Å². The molecule has 0 saturated carbocycles. The zero-order chi connectivity index (χ0) is 17.5. The third-order valence-corrected chi connectivity index (χ3v) is 3.46. The molecular weight excluding hydrogens is 304 g/mol. The molecule has 0 aromatic heterocycles. The first kappa shape index (κ1) is 17.1. The molecule has 0 radical (unpaired) electrons. The highest BCUT2D eigenvalue weighted by molar-refractivity contribution is 6.01. The smallest absolute Gasteiger partial charge is 0.261 e. The highest BCUT2D eigenvalue weighted by Gasteiger charge is 2.09. The first-order chi connectivity index (χ1) is 11.5. The highest BCUT2D eigenvalue weighted by Crippen LogP contribution is 2.25. The van der Waals surface area contributed by atoms with E-state index in [0.717, 1.165) is 11.1 Å². The largest absolute Gasteiger partial charge is 0.504 e. The van der Waals surface area contributed by atoms with Crippen LogP contribution in [0.4, 0.5) is 0 Å². The highest BCUT2D eigenvalue weighted by atomic mass is 16.3. The van der Waals surface area contributed by atoms with Crippen molar-refractivity contribution in [2.24, 2.45) is 0 Å². The van der Waals surface area contributed by atoms with Crippen molar-refractivity contribution in [3.63, 3.8) is 0 Å². The van der Waals surface area contributed by atoms with Crippen LogP contribution in [0.15, 0.2) is 48.0 Å². The Bertz CT molecular complexity index is 820. The van der Waals surface area contributed by atoms with Crippen molar-refractivity contribution in [3.8, 4) is 17.6 Å². The fourth-order valence-electron chi connectivity index (χ4n) is 2.23. The average Bonchev–Trinajstić information content (AvgIpc) is 2.55. The van der Waals surface area contributed by atoms with Crippen LogP contribution in [-0.4, -0.2) is 22.7 Å². The lowest BCUT2D eigenvalue weighted by molar-refractivity contribution is -0.117. The van der Waals surface area contributed by atoms with E-state index in [1.165, 1.54) is 24.3 Å². The van der Waals surface area contributed by atoms with E-state index in [1.54, 1.807) is 0 Å². The van der Waals surface area contributed by atoms with Crippen molar-refractivity contribution < 1.29 is 15.0 Å². The number of nitrogens with one attached hydrogen (secondary N) is 1. The van der Waals surface area contributed by atoms with Crippen LogP contribution in [0.25, 0.3) is 6.08 Å². The van der Waals surface area contributed by atoms with Gasteiger partial charge in [0.2, 0.25) is 0 Å². The molecular formula is C19H18N2O3. The molecule has 0 aliphatic carbocycles. The number of amides is 1. The molecule has 2 aromatic carbocycles. The molecule has 5 nitrogen and oxygen atoms in total. The summed E-state index contributed by atoms with van der Waals surface area (Å²) in [4.78, 5) is 12.1. The fraction of sp³-hybridized carbons (Fsp3) is 0.158. The van der Waals surface area contributed by atoms with E-state index in [-0.39, 0.29) is 17.1 Å². The third-order valence-electron chi connectivity index (χ3n) is 3.46. The van der Waals surface area contributed by atoms with Crippen LogP contribution in [0.5, 0.6) is 11.5 Å². The molecule has 1 amide bonds. The van der Waals surface area contributed by atoms with Crippen molar-refractivity contribution in [2.75, 3.05) is 6.54 Å². The number of hydrogen-bond donors (Lipinski definition) is 3. The number of nitriles is 1. The summed E-state index contributed by atoms with van der Waals surface area (Å²) in [5, 5.41) is 30.6. The minimum atomic E-state index is -0.474. The summed E-state index contributed by atoms with van der Waals surface area (Å²) in [6.07, 6.45) is 2.04. The molecule has 0 fully saturated rings. The van der Waals surface area contributed by atoms with Crippen LogP contribution in [-0.2, 0) is 11.2 Å². The first-order valence-electron chi connectivity index (χ1n) is 7.47. The lowest BCUT2D eigenvalue weighted by Crippen LogP contribution is -2.26. The first-order valence-corrected chi connectivity index (χ1v) is 7.47. The van der Waals surface area contributed by atoms with Gasteiger partial charge in [0.15, 0.2) is 11.5 Å². The molecule has 0 saturated heterocycles. The molecule has 3 N–H and O–H groups in total. The van der Waals surface area contributed by atoms with E-state index < -0.39 is 5.91 Å². The Kier molecular flexibility index (Phi) is 5.58. The van der Waals surface area contributed by atoms with Gasteiger partial charge in [0.05, 0.1) is 0 Å². The molecule has 0 aliphatic rings. The van der Waals surface area contributed by atoms with Crippen LogP contribution < -0.4 is 5.32 Å². The number of phenols is 2. The van der Waals surface area contributed by atoms with E-state index >= 15 is 0 Å². The summed E-state index contributed by atoms with van der Waals surface area (Å²) in [7, 11) is 0. The van der Waals surface area contributed by atoms with Crippen LogP contribution in [0.1, 0.15) is 16.7 Å². The standard InChI is InChI=1S/C19H18N2O3/c1-13-3-2-4-14(9-13)7-8-21-19(24)16(12-20)10-15-5-6-17(22)18(23)11-15/h2-6,9-11,22-23H,7-8H2,1H3,(H,21,24)/b16-10+. The molecule has 122 valence electrons. The molecule has 24 heavy (non-hydrogen) atoms. The Morgan fingerprint density at radius 3 is 2.67 bits per heavy atom. The van der Waals surface area contributed by atoms with Crippen molar-refractivity contribution in [1.29, 1.82) is 5.26 Å². The second-order valence-electron chi connectivity index (χ2n) is 5.41. The van der Waals surface area contributed by atoms with E-state index in [1.807, 2.05) is 37.3 Å². The zero-order valence-electron chi connectivity index (χ0n) is 13.3. The van der Waals surface area contributed by atoms with Crippen LogP contribution in [0.2, 0.25) is 0 Å². The van der Waals surface area contributed by atoms with E-state index in [0.29, 0.717) is 18.5 Å². The van der Waals surface area contributed by atoms with Gasteiger partial charge in [-0.25, -0.2) is 0 Å². The van der Waals surface area contributed by atoms with Crippen LogP contribution in [0.3, 0.4) is 0 Å². The maximum Gasteiger partial charge on any atom is 0.261 e. The fourth-order valence-corrected chi connectivity index (χ4v) is 2.23. The van der Waals surface area contributed by atoms with Gasteiger partial charge in [-0.2, -0.15) is 5.26 Å². The molecule has 0 atom stereocenters. The van der Waals surface area contributed by atoms with Crippen molar-refractivity contribution in [2.45, 2.75) is 13.3 Å². The summed E-state index contributed by atoms with van der Waals surface area (Å²) in [6.45, 7) is 2.42. The van der Waals surface area contributed by atoms with Gasteiger partial charge >= 0.3 is 0 Å². The lowest BCUT2D eigenvalue weighted by Gasteiger charge is -2.06. The van der Waals surface area contributed by atoms with Gasteiger partial charge in [-0.05, 0) is 42.7 Å². The Balaban J connectivity index is 1.99. The quantitative estimate of drug-likeness (QED) is 0.448. The Morgan fingerprint density at radius 2 is 2.00 bits per heavy atom. The summed E-state index contributed by atoms with van der Waals surface area (Å²) in [6, 6.07) is 13.9. The van der Waals surface area contributed by atoms with Gasteiger partial charge in [0, 0.05) is 6.54 Å². The minimum absolute atomic E-state index is 0.0654. The van der Waals surface area contributed by atoms with Gasteiger partial charge in [-0.15, -0.1) is 0 Å². The zero-order valence-corrected chi connectivity index (χ0v) is 13.3. The monoisotopic (exact) mass is 322 g/mol. The van der Waals surface area contributed by atoms with Crippen molar-refractivity contribution in [1.82, 2.24) is 5.32 Å². The van der Waals surface area contributed by atoms with Gasteiger partial charge in [-0.3, -0.25) is 4.79 Å². The number of aryl methyl sites for hydroxylation is 1. The number of benzene rings is 2. The summed E-state index contributed by atoms with van der Waals surface area (Å²) in [5.41, 5.74) is 2.66. The maximum atomic E-state index is 12.1. The third kappa shape index (κ3) is 4.62. The van der Waals surface area contributed by atoms with Gasteiger partial charge in [0.25, 0.3) is 5.91 Å². The molecule has 5 heteroatoms. The number of nitrogens with zero attached hydrogens (tertiary/aromatic N) is 1. The second-order valence-corrected chi connectivity index (χ2v) is 5.41. The summed E-state index contributed by atoms with van der Waals surface area (Å²) >= 11 is 0. The molecule has 0 spiro atoms. The van der Waals surface area contributed by atoms with Gasteiger partial charge in [0.1, 0.15) is 11.6 Å². The maximum absolute atomic E-state index is 12.1. The number of aromatic hydroxyl groups is 2. The van der Waals surface area contributed by atoms with E-state index in [2.05, 4.69) is 5.32 Å². The number of carbonyl (C=O) groups excluding carboxylic acids is 1. The predicted octanol–water partition coefficient (Wildman–Crippen LogP) is 2.67. The van der Waals surface area contributed by atoms with Crippen LogP contribution >= 0.6 is 0 Å². The van der Waals surface area contributed by atoms with Crippen molar-refractivity contribution >= 4 is 12.0 Å². The Hall–Kier alpha value is -3.26. The minimum Gasteiger partial charge on any atom is -0.504 e. The van der Waals surface area contributed by atoms with E-state index in [9.17, 15) is 15.0 Å². The normalized spacial score (nSPS) is 10.9. The molecule has 2 rings (SSSR count). The second kappa shape index (κ2) is 7.84. The average molecular weight is 322 g/mol. The number of hydrogen-bond acceptors (Lipinski definition) is 4. The number of carbonyl (C=O) groups is 1. The van der Waals surface area contributed by atoms with Crippen molar-refractivity contribution in [3.05, 3.63) is 64.7 Å². The SMILES string of the molecule is Cc1cccc(CCNC(=O)/C(C#N)=C/c2ccc(O)c(O)c2)c1. The predicted molar refractivity (Wildman–Crippen MR) is 91.3 cm³/mol. The molecule has 0 bridgehead atoms. The summed E-state index contributed by atoms with van der Waals surface area (Å²) < 4.78 is 0. The number of phenolic OH excluding ortho intramolecular Hbond substituents is 2. The Morgan fingerprint density at radius 1 is 1.21 bits per heavy atom. The molecule has 0 heterocycles. The number of rotatable bonds is 5. The van der Waals surface area contributed by atoms with Gasteiger partial charge in [-0.1, -0.05) is 35.9 Å². The van der Waals surface area contributed by atoms with Gasteiger partial charge < -0.3 is 15.5 Å². The molecule has 2 aromatic rings. The summed E-state index contributed by atoms with van der Waals surface area (Å²) in [5.74, 6) is -1.04. The Labute approximate surface area is 140 Å². The topological polar surface area (TPSA) is 93.4 Å². The lowest BCUT2D eigenvalue weighted by atomic mass is 10.1. The molecule has 0 unspecified atom stereocenters.